The molecule has 1 saturated heterocycles. The van der Waals surface area contributed by atoms with E-state index < -0.39 is 5.91 Å². The number of nitrogen functional groups attached to an aromatic ring is 1. The molecule has 1 aromatic rings. The Morgan fingerprint density at radius 3 is 2.81 bits per heavy atom. The van der Waals surface area contributed by atoms with Gasteiger partial charge in [-0.25, -0.2) is 0 Å². The molecule has 1 aliphatic rings. The minimum atomic E-state index is -0.443. The largest absolute Gasteiger partial charge is 0.398 e. The third kappa shape index (κ3) is 4.19. The molecule has 1 aromatic carbocycles. The van der Waals surface area contributed by atoms with Crippen LogP contribution in [0.4, 0.5) is 5.69 Å². The van der Waals surface area contributed by atoms with Crippen LogP contribution in [-0.2, 0) is 16.1 Å². The Morgan fingerprint density at radius 2 is 2.10 bits per heavy atom. The third-order valence-corrected chi connectivity index (χ3v) is 3.73. The molecule has 2 amide bonds. The van der Waals surface area contributed by atoms with Gasteiger partial charge in [-0.15, -0.1) is 0 Å². The molecule has 0 aromatic heterocycles. The van der Waals surface area contributed by atoms with Crippen LogP contribution >= 0.6 is 0 Å². The van der Waals surface area contributed by atoms with E-state index in [1.165, 1.54) is 0 Å². The highest BCUT2D eigenvalue weighted by Gasteiger charge is 2.28. The van der Waals surface area contributed by atoms with Crippen molar-refractivity contribution in [2.75, 3.05) is 18.8 Å². The van der Waals surface area contributed by atoms with Gasteiger partial charge in [0.2, 0.25) is 11.8 Å². The van der Waals surface area contributed by atoms with Crippen molar-refractivity contribution in [3.05, 3.63) is 29.8 Å². The van der Waals surface area contributed by atoms with Gasteiger partial charge in [0.25, 0.3) is 0 Å². The Labute approximate surface area is 124 Å². The van der Waals surface area contributed by atoms with E-state index >= 15 is 0 Å². The zero-order valence-corrected chi connectivity index (χ0v) is 12.0. The number of nitrogens with zero attached hydrogens (tertiary/aromatic N) is 1. The summed E-state index contributed by atoms with van der Waals surface area (Å²) in [5.41, 5.74) is 12.8. The van der Waals surface area contributed by atoms with E-state index in [2.05, 4.69) is 5.32 Å². The Kier molecular flexibility index (Phi) is 5.16. The van der Waals surface area contributed by atoms with Crippen LogP contribution in [0.15, 0.2) is 24.3 Å². The molecular formula is C15H22N4O2. The molecule has 1 atom stereocenters. The highest BCUT2D eigenvalue weighted by Crippen LogP contribution is 2.18. The fourth-order valence-electron chi connectivity index (χ4n) is 2.65. The van der Waals surface area contributed by atoms with Crippen molar-refractivity contribution in [2.24, 2.45) is 5.73 Å². The molecule has 1 heterocycles. The fourth-order valence-corrected chi connectivity index (χ4v) is 2.65. The second kappa shape index (κ2) is 7.08. The van der Waals surface area contributed by atoms with Crippen molar-refractivity contribution in [3.63, 3.8) is 0 Å². The lowest BCUT2D eigenvalue weighted by Gasteiger charge is -2.29. The van der Waals surface area contributed by atoms with Crippen molar-refractivity contribution in [1.29, 1.82) is 0 Å². The molecule has 6 heteroatoms. The number of hydrogen-bond acceptors (Lipinski definition) is 4. The molecule has 21 heavy (non-hydrogen) atoms. The summed E-state index contributed by atoms with van der Waals surface area (Å²) in [5.74, 6) is -0.482. The first-order valence-corrected chi connectivity index (χ1v) is 7.21. The smallest absolute Gasteiger partial charge is 0.237 e. The summed E-state index contributed by atoms with van der Waals surface area (Å²) in [6.07, 6.45) is 2.63. The maximum Gasteiger partial charge on any atom is 0.237 e. The predicted octanol–water partition coefficient (Wildman–Crippen LogP) is 0.225. The number of nitrogens with one attached hydrogen (secondary N) is 1. The maximum atomic E-state index is 12.2. The second-order valence-corrected chi connectivity index (χ2v) is 5.37. The molecule has 2 rings (SSSR count). The molecule has 0 aliphatic carbocycles. The molecule has 6 nitrogen and oxygen atoms in total. The highest BCUT2D eigenvalue weighted by atomic mass is 16.2. The van der Waals surface area contributed by atoms with Gasteiger partial charge in [0.1, 0.15) is 0 Å². The molecule has 114 valence electrons. The van der Waals surface area contributed by atoms with E-state index in [-0.39, 0.29) is 18.5 Å². The van der Waals surface area contributed by atoms with Crippen LogP contribution in [0.3, 0.4) is 0 Å². The van der Waals surface area contributed by atoms with Crippen molar-refractivity contribution < 1.29 is 9.59 Å². The number of hydrogen-bond donors (Lipinski definition) is 3. The first-order chi connectivity index (χ1) is 10.1. The van der Waals surface area contributed by atoms with Gasteiger partial charge in [-0.3, -0.25) is 14.5 Å². The average molecular weight is 290 g/mol. The number of para-hydroxylation sites is 1. The van der Waals surface area contributed by atoms with Crippen LogP contribution in [-0.4, -0.2) is 35.8 Å². The van der Waals surface area contributed by atoms with Gasteiger partial charge >= 0.3 is 0 Å². The SMILES string of the molecule is NC(=O)CN(Cc1ccccc1N)C1CCCCNC1=O. The zero-order valence-electron chi connectivity index (χ0n) is 12.0. The molecular weight excluding hydrogens is 268 g/mol. The number of nitrogens with two attached hydrogens (primary N) is 2. The van der Waals surface area contributed by atoms with Gasteiger partial charge in [-0.05, 0) is 30.9 Å². The van der Waals surface area contributed by atoms with Crippen molar-refractivity contribution in [1.82, 2.24) is 10.2 Å². The zero-order chi connectivity index (χ0) is 15.2. The van der Waals surface area contributed by atoms with Gasteiger partial charge in [0.15, 0.2) is 0 Å². The highest BCUT2D eigenvalue weighted by molar-refractivity contribution is 5.83. The number of amides is 2. The Morgan fingerprint density at radius 1 is 1.33 bits per heavy atom. The number of carbonyl (C=O) groups excluding carboxylic acids is 2. The van der Waals surface area contributed by atoms with Crippen molar-refractivity contribution in [2.45, 2.75) is 31.8 Å². The number of rotatable bonds is 5. The van der Waals surface area contributed by atoms with E-state index in [1.54, 1.807) is 0 Å². The number of anilines is 1. The molecule has 0 spiro atoms. The summed E-state index contributed by atoms with van der Waals surface area (Å²) in [4.78, 5) is 25.3. The third-order valence-electron chi connectivity index (χ3n) is 3.73. The Bertz CT molecular complexity index is 518. The molecule has 5 N–H and O–H groups in total. The standard InChI is InChI=1S/C15H22N4O2/c16-12-6-2-1-5-11(12)9-19(10-14(17)20)13-7-3-4-8-18-15(13)21/h1-2,5-6,13H,3-4,7-10,16H2,(H2,17,20)(H,18,21). The van der Waals surface area contributed by atoms with E-state index in [4.69, 9.17) is 11.5 Å². The Hall–Kier alpha value is -2.08. The van der Waals surface area contributed by atoms with E-state index in [0.717, 1.165) is 24.8 Å². The summed E-state index contributed by atoms with van der Waals surface area (Å²) < 4.78 is 0. The van der Waals surface area contributed by atoms with Gasteiger partial charge < -0.3 is 16.8 Å². The van der Waals surface area contributed by atoms with Crippen LogP contribution in [0.2, 0.25) is 0 Å². The average Bonchev–Trinajstić information content (AvgIpc) is 2.64. The summed E-state index contributed by atoms with van der Waals surface area (Å²) in [6, 6.07) is 7.12. The maximum absolute atomic E-state index is 12.2. The van der Waals surface area contributed by atoms with Crippen LogP contribution in [0.1, 0.15) is 24.8 Å². The van der Waals surface area contributed by atoms with Gasteiger partial charge in [-0.2, -0.15) is 0 Å². The minimum absolute atomic E-state index is 0.0387. The number of carbonyl (C=O) groups is 2. The topological polar surface area (TPSA) is 101 Å². The minimum Gasteiger partial charge on any atom is -0.398 e. The van der Waals surface area contributed by atoms with E-state index in [1.807, 2.05) is 29.2 Å². The molecule has 1 fully saturated rings. The molecule has 0 bridgehead atoms. The van der Waals surface area contributed by atoms with Crippen LogP contribution < -0.4 is 16.8 Å². The fraction of sp³-hybridized carbons (Fsp3) is 0.467. The predicted molar refractivity (Wildman–Crippen MR) is 81.1 cm³/mol. The second-order valence-electron chi connectivity index (χ2n) is 5.37. The van der Waals surface area contributed by atoms with Gasteiger partial charge in [0, 0.05) is 18.8 Å². The van der Waals surface area contributed by atoms with Gasteiger partial charge in [0.05, 0.1) is 12.6 Å². The summed E-state index contributed by atoms with van der Waals surface area (Å²) >= 11 is 0. The van der Waals surface area contributed by atoms with Crippen molar-refractivity contribution in [3.8, 4) is 0 Å². The number of primary amides is 1. The van der Waals surface area contributed by atoms with Crippen LogP contribution in [0.25, 0.3) is 0 Å². The molecule has 0 saturated carbocycles. The lowest BCUT2D eigenvalue weighted by molar-refractivity contribution is -0.128. The van der Waals surface area contributed by atoms with Crippen molar-refractivity contribution >= 4 is 17.5 Å². The normalized spacial score (nSPS) is 19.1. The summed E-state index contributed by atoms with van der Waals surface area (Å²) in [5, 5.41) is 2.88. The van der Waals surface area contributed by atoms with E-state index in [9.17, 15) is 9.59 Å². The van der Waals surface area contributed by atoms with Crippen LogP contribution in [0, 0.1) is 0 Å². The Balaban J connectivity index is 2.19. The molecule has 1 unspecified atom stereocenters. The summed E-state index contributed by atoms with van der Waals surface area (Å²) in [7, 11) is 0. The molecule has 1 aliphatic heterocycles. The van der Waals surface area contributed by atoms with Crippen LogP contribution in [0.5, 0.6) is 0 Å². The first kappa shape index (κ1) is 15.3. The van der Waals surface area contributed by atoms with Gasteiger partial charge in [-0.1, -0.05) is 18.2 Å². The van der Waals surface area contributed by atoms with E-state index in [0.29, 0.717) is 18.8 Å². The lowest BCUT2D eigenvalue weighted by Crippen LogP contribution is -2.48. The monoisotopic (exact) mass is 290 g/mol. The lowest BCUT2D eigenvalue weighted by atomic mass is 10.1. The number of benzene rings is 1. The quantitative estimate of drug-likeness (QED) is 0.675. The summed E-state index contributed by atoms with van der Waals surface area (Å²) in [6.45, 7) is 1.17. The first-order valence-electron chi connectivity index (χ1n) is 7.21. The molecule has 0 radical (unpaired) electrons.